The van der Waals surface area contributed by atoms with Crippen LogP contribution >= 0.6 is 23.2 Å². The SMILES string of the molecule is COC(=O)C(O)C(O)c1cc(Cl)c(Cl)cc1[N+](=O)[O-]. The Morgan fingerprint density at radius 1 is 1.37 bits per heavy atom. The van der Waals surface area contributed by atoms with Crippen LogP contribution in [0.25, 0.3) is 0 Å². The first kappa shape index (κ1) is 15.6. The number of carbonyl (C=O) groups excluding carboxylic acids is 1. The summed E-state index contributed by atoms with van der Waals surface area (Å²) in [7, 11) is 1.00. The van der Waals surface area contributed by atoms with Gasteiger partial charge < -0.3 is 14.9 Å². The third-order valence-corrected chi connectivity index (χ3v) is 3.05. The van der Waals surface area contributed by atoms with Crippen LogP contribution in [0, 0.1) is 10.1 Å². The lowest BCUT2D eigenvalue weighted by Gasteiger charge is -2.16. The smallest absolute Gasteiger partial charge is 0.337 e. The lowest BCUT2D eigenvalue weighted by atomic mass is 10.0. The maximum absolute atomic E-state index is 11.1. The number of rotatable bonds is 4. The molecule has 9 heteroatoms. The number of aliphatic hydroxyl groups is 2. The van der Waals surface area contributed by atoms with Crippen molar-refractivity contribution in [2.24, 2.45) is 0 Å². The highest BCUT2D eigenvalue weighted by Crippen LogP contribution is 2.35. The Kier molecular flexibility index (Phi) is 5.07. The van der Waals surface area contributed by atoms with Crippen LogP contribution in [0.1, 0.15) is 11.7 Å². The van der Waals surface area contributed by atoms with Crippen LogP contribution < -0.4 is 0 Å². The number of nitro groups is 1. The number of methoxy groups -OCH3 is 1. The molecule has 1 aromatic carbocycles. The molecule has 0 fully saturated rings. The number of carbonyl (C=O) groups is 1. The first-order valence-electron chi connectivity index (χ1n) is 4.86. The Hall–Kier alpha value is -1.41. The summed E-state index contributed by atoms with van der Waals surface area (Å²) in [5, 5.41) is 30.0. The summed E-state index contributed by atoms with van der Waals surface area (Å²) in [6, 6.07) is 1.94. The van der Waals surface area contributed by atoms with Gasteiger partial charge in [-0.2, -0.15) is 0 Å². The topological polar surface area (TPSA) is 110 Å². The Morgan fingerprint density at radius 2 is 1.89 bits per heavy atom. The first-order chi connectivity index (χ1) is 8.79. The van der Waals surface area contributed by atoms with Gasteiger partial charge in [0.05, 0.1) is 27.6 Å². The maximum Gasteiger partial charge on any atom is 0.337 e. The van der Waals surface area contributed by atoms with E-state index in [1.165, 1.54) is 0 Å². The number of ether oxygens (including phenoxy) is 1. The fraction of sp³-hybridized carbons (Fsp3) is 0.300. The van der Waals surface area contributed by atoms with E-state index in [4.69, 9.17) is 23.2 Å². The summed E-state index contributed by atoms with van der Waals surface area (Å²) in [5.74, 6) is -1.13. The molecule has 7 nitrogen and oxygen atoms in total. The van der Waals surface area contributed by atoms with Crippen LogP contribution in [0.3, 0.4) is 0 Å². The Morgan fingerprint density at radius 3 is 2.37 bits per heavy atom. The molecular formula is C10H9Cl2NO6. The van der Waals surface area contributed by atoms with Crippen molar-refractivity contribution in [2.45, 2.75) is 12.2 Å². The van der Waals surface area contributed by atoms with Crippen molar-refractivity contribution < 1.29 is 24.7 Å². The van der Waals surface area contributed by atoms with Crippen LogP contribution in [0.5, 0.6) is 0 Å². The molecule has 0 spiro atoms. The average Bonchev–Trinajstić information content (AvgIpc) is 2.38. The zero-order valence-electron chi connectivity index (χ0n) is 9.54. The predicted molar refractivity (Wildman–Crippen MR) is 66.1 cm³/mol. The summed E-state index contributed by atoms with van der Waals surface area (Å²) in [4.78, 5) is 21.1. The van der Waals surface area contributed by atoms with Crippen LogP contribution in [0.15, 0.2) is 12.1 Å². The number of hydrogen-bond donors (Lipinski definition) is 2. The molecule has 0 saturated carbocycles. The Balaban J connectivity index is 3.29. The van der Waals surface area contributed by atoms with Gasteiger partial charge in [0.25, 0.3) is 5.69 Å². The lowest BCUT2D eigenvalue weighted by molar-refractivity contribution is -0.386. The molecule has 2 unspecified atom stereocenters. The van der Waals surface area contributed by atoms with Crippen LogP contribution in [0.2, 0.25) is 10.0 Å². The third kappa shape index (κ3) is 3.32. The van der Waals surface area contributed by atoms with Crippen LogP contribution in [-0.2, 0) is 9.53 Å². The van der Waals surface area contributed by atoms with E-state index in [0.29, 0.717) is 0 Å². The van der Waals surface area contributed by atoms with Crippen molar-refractivity contribution in [2.75, 3.05) is 7.11 Å². The number of hydrogen-bond acceptors (Lipinski definition) is 6. The third-order valence-electron chi connectivity index (χ3n) is 2.33. The maximum atomic E-state index is 11.1. The molecule has 0 saturated heterocycles. The molecule has 19 heavy (non-hydrogen) atoms. The molecule has 0 aliphatic heterocycles. The van der Waals surface area contributed by atoms with E-state index in [2.05, 4.69) is 4.74 Å². The number of aliphatic hydroxyl groups excluding tert-OH is 2. The van der Waals surface area contributed by atoms with Crippen LogP contribution in [-0.4, -0.2) is 34.3 Å². The molecule has 0 amide bonds. The second kappa shape index (κ2) is 6.16. The zero-order chi connectivity index (χ0) is 14.7. The van der Waals surface area contributed by atoms with Crippen molar-refractivity contribution >= 4 is 34.9 Å². The highest BCUT2D eigenvalue weighted by Gasteiger charge is 2.32. The standard InChI is InChI=1S/C10H9Cl2NO6/c1-19-10(16)9(15)8(14)4-2-5(11)6(12)3-7(4)13(17)18/h2-3,8-9,14-15H,1H3. The highest BCUT2D eigenvalue weighted by molar-refractivity contribution is 6.42. The summed E-state index contributed by atoms with van der Waals surface area (Å²) in [5.41, 5.74) is -0.901. The minimum absolute atomic E-state index is 0.0571. The van der Waals surface area contributed by atoms with E-state index in [0.717, 1.165) is 19.2 Å². The van der Waals surface area contributed by atoms with Gasteiger partial charge in [-0.25, -0.2) is 4.79 Å². The Bertz CT molecular complexity index is 521. The van der Waals surface area contributed by atoms with E-state index in [1.807, 2.05) is 0 Å². The van der Waals surface area contributed by atoms with Crippen LogP contribution in [0.4, 0.5) is 5.69 Å². The number of nitro benzene ring substituents is 1. The molecule has 0 aliphatic rings. The summed E-state index contributed by atoms with van der Waals surface area (Å²) < 4.78 is 4.23. The van der Waals surface area contributed by atoms with E-state index >= 15 is 0 Å². The molecule has 0 aromatic heterocycles. The van der Waals surface area contributed by atoms with Crippen molar-refractivity contribution in [3.63, 3.8) is 0 Å². The quantitative estimate of drug-likeness (QED) is 0.495. The first-order valence-corrected chi connectivity index (χ1v) is 5.62. The number of esters is 1. The summed E-state index contributed by atoms with van der Waals surface area (Å²) >= 11 is 11.3. The van der Waals surface area contributed by atoms with Gasteiger partial charge in [-0.3, -0.25) is 10.1 Å². The normalized spacial score (nSPS) is 13.7. The number of nitrogens with zero attached hydrogens (tertiary/aromatic N) is 1. The fourth-order valence-corrected chi connectivity index (χ4v) is 1.70. The highest BCUT2D eigenvalue weighted by atomic mass is 35.5. The monoisotopic (exact) mass is 309 g/mol. The second-order valence-corrected chi connectivity index (χ2v) is 4.31. The molecule has 0 radical (unpaired) electrons. The van der Waals surface area contributed by atoms with E-state index in [-0.39, 0.29) is 15.6 Å². The van der Waals surface area contributed by atoms with E-state index in [9.17, 15) is 25.1 Å². The van der Waals surface area contributed by atoms with E-state index < -0.39 is 28.8 Å². The molecule has 1 aromatic rings. The second-order valence-electron chi connectivity index (χ2n) is 3.50. The molecule has 0 bridgehead atoms. The van der Waals surface area contributed by atoms with Gasteiger partial charge in [-0.15, -0.1) is 0 Å². The van der Waals surface area contributed by atoms with Gasteiger partial charge in [-0.05, 0) is 6.07 Å². The van der Waals surface area contributed by atoms with Crippen molar-refractivity contribution in [1.82, 2.24) is 0 Å². The minimum atomic E-state index is -1.97. The van der Waals surface area contributed by atoms with E-state index in [1.54, 1.807) is 0 Å². The number of benzene rings is 1. The zero-order valence-corrected chi connectivity index (χ0v) is 11.1. The van der Waals surface area contributed by atoms with Gasteiger partial charge >= 0.3 is 5.97 Å². The predicted octanol–water partition coefficient (Wildman–Crippen LogP) is 1.47. The summed E-state index contributed by atoms with van der Waals surface area (Å²) in [6.07, 6.45) is -3.83. The molecule has 2 N–H and O–H groups in total. The fourth-order valence-electron chi connectivity index (χ4n) is 1.37. The van der Waals surface area contributed by atoms with Gasteiger partial charge in [0.1, 0.15) is 6.10 Å². The molecule has 0 aliphatic carbocycles. The lowest BCUT2D eigenvalue weighted by Crippen LogP contribution is -2.29. The minimum Gasteiger partial charge on any atom is -0.467 e. The molecule has 1 rings (SSSR count). The number of halogens is 2. The van der Waals surface area contributed by atoms with Crippen molar-refractivity contribution in [3.05, 3.63) is 37.9 Å². The molecule has 2 atom stereocenters. The largest absolute Gasteiger partial charge is 0.467 e. The Labute approximate surface area is 117 Å². The molecular weight excluding hydrogens is 301 g/mol. The molecule has 104 valence electrons. The van der Waals surface area contributed by atoms with Crippen molar-refractivity contribution in [3.8, 4) is 0 Å². The summed E-state index contributed by atoms with van der Waals surface area (Å²) in [6.45, 7) is 0. The van der Waals surface area contributed by atoms with Gasteiger partial charge in [0, 0.05) is 6.07 Å². The molecule has 0 heterocycles. The average molecular weight is 310 g/mol. The van der Waals surface area contributed by atoms with Gasteiger partial charge in [0.15, 0.2) is 6.10 Å². The van der Waals surface area contributed by atoms with Gasteiger partial charge in [0.2, 0.25) is 0 Å². The van der Waals surface area contributed by atoms with Crippen molar-refractivity contribution in [1.29, 1.82) is 0 Å². The van der Waals surface area contributed by atoms with Gasteiger partial charge in [-0.1, -0.05) is 23.2 Å².